The van der Waals surface area contributed by atoms with Crippen LogP contribution >= 0.6 is 0 Å². The van der Waals surface area contributed by atoms with Crippen LogP contribution in [-0.2, 0) is 16.1 Å². The SMILES string of the molecule is COCc1cnc(C)c(OC)c1C(=O)C(=O)O. The Morgan fingerprint density at radius 3 is 2.53 bits per heavy atom. The zero-order valence-electron chi connectivity index (χ0n) is 9.81. The minimum absolute atomic E-state index is 0.00523. The highest BCUT2D eigenvalue weighted by atomic mass is 16.5. The van der Waals surface area contributed by atoms with E-state index in [4.69, 9.17) is 14.6 Å². The number of hydrogen-bond donors (Lipinski definition) is 1. The number of ketones is 1. The molecule has 0 unspecified atom stereocenters. The summed E-state index contributed by atoms with van der Waals surface area (Å²) in [6, 6.07) is 0. The van der Waals surface area contributed by atoms with Crippen LogP contribution in [0.3, 0.4) is 0 Å². The van der Waals surface area contributed by atoms with Crippen molar-refractivity contribution in [1.82, 2.24) is 4.98 Å². The molecule has 1 heterocycles. The van der Waals surface area contributed by atoms with E-state index in [9.17, 15) is 9.59 Å². The summed E-state index contributed by atoms with van der Waals surface area (Å²) >= 11 is 0. The van der Waals surface area contributed by atoms with Gasteiger partial charge in [-0.1, -0.05) is 0 Å². The summed E-state index contributed by atoms with van der Waals surface area (Å²) in [6.45, 7) is 1.73. The van der Waals surface area contributed by atoms with Crippen molar-refractivity contribution in [3.8, 4) is 5.75 Å². The van der Waals surface area contributed by atoms with Crippen LogP contribution in [0.2, 0.25) is 0 Å². The molecule has 0 atom stereocenters. The fourth-order valence-corrected chi connectivity index (χ4v) is 1.50. The van der Waals surface area contributed by atoms with Gasteiger partial charge >= 0.3 is 5.97 Å². The molecule has 0 amide bonds. The number of aromatic nitrogens is 1. The van der Waals surface area contributed by atoms with E-state index in [2.05, 4.69) is 4.98 Å². The van der Waals surface area contributed by atoms with Crippen LogP contribution in [0.5, 0.6) is 5.75 Å². The molecule has 6 heteroatoms. The van der Waals surface area contributed by atoms with Gasteiger partial charge in [-0.05, 0) is 6.92 Å². The molecule has 0 saturated heterocycles. The molecule has 1 N–H and O–H groups in total. The first-order chi connectivity index (χ1) is 8.02. The molecule has 0 aliphatic heterocycles. The van der Waals surface area contributed by atoms with Gasteiger partial charge in [0.25, 0.3) is 5.78 Å². The van der Waals surface area contributed by atoms with Gasteiger partial charge in [0.05, 0.1) is 25.0 Å². The first-order valence-corrected chi connectivity index (χ1v) is 4.82. The van der Waals surface area contributed by atoms with Crippen molar-refractivity contribution in [2.75, 3.05) is 14.2 Å². The number of aliphatic carboxylic acids is 1. The van der Waals surface area contributed by atoms with E-state index in [1.165, 1.54) is 20.4 Å². The molecule has 1 aromatic rings. The average Bonchev–Trinajstić information content (AvgIpc) is 2.30. The highest BCUT2D eigenvalue weighted by molar-refractivity contribution is 6.41. The third kappa shape index (κ3) is 2.59. The second-order valence-corrected chi connectivity index (χ2v) is 3.34. The van der Waals surface area contributed by atoms with Gasteiger partial charge in [-0.25, -0.2) is 4.79 Å². The number of nitrogens with zero attached hydrogens (tertiary/aromatic N) is 1. The number of aryl methyl sites for hydroxylation is 1. The lowest BCUT2D eigenvalue weighted by atomic mass is 10.0. The molecule has 0 bridgehead atoms. The Morgan fingerprint density at radius 1 is 1.41 bits per heavy atom. The summed E-state index contributed by atoms with van der Waals surface area (Å²) in [5, 5.41) is 8.77. The van der Waals surface area contributed by atoms with Crippen LogP contribution < -0.4 is 4.74 Å². The summed E-state index contributed by atoms with van der Waals surface area (Å²) in [6.07, 6.45) is 1.41. The first kappa shape index (κ1) is 13.1. The molecule has 1 aromatic heterocycles. The molecule has 0 spiro atoms. The molecule has 0 aromatic carbocycles. The quantitative estimate of drug-likeness (QED) is 0.604. The number of methoxy groups -OCH3 is 2. The number of ether oxygens (including phenoxy) is 2. The predicted octanol–water partition coefficient (Wildman–Crippen LogP) is 0.812. The van der Waals surface area contributed by atoms with E-state index in [1.54, 1.807) is 6.92 Å². The van der Waals surface area contributed by atoms with Gasteiger partial charge in [0, 0.05) is 18.9 Å². The van der Waals surface area contributed by atoms with Crippen LogP contribution in [0, 0.1) is 6.92 Å². The van der Waals surface area contributed by atoms with Crippen molar-refractivity contribution < 1.29 is 24.2 Å². The van der Waals surface area contributed by atoms with Gasteiger partial charge < -0.3 is 14.6 Å². The van der Waals surface area contributed by atoms with Crippen molar-refractivity contribution in [2.24, 2.45) is 0 Å². The van der Waals surface area contributed by atoms with Crippen LogP contribution in [0.15, 0.2) is 6.20 Å². The smallest absolute Gasteiger partial charge is 0.377 e. The molecule has 0 fully saturated rings. The van der Waals surface area contributed by atoms with Crippen LogP contribution in [0.4, 0.5) is 0 Å². The highest BCUT2D eigenvalue weighted by Crippen LogP contribution is 2.26. The van der Waals surface area contributed by atoms with Gasteiger partial charge in [0.1, 0.15) is 0 Å². The van der Waals surface area contributed by atoms with Gasteiger partial charge in [-0.15, -0.1) is 0 Å². The van der Waals surface area contributed by atoms with Crippen LogP contribution in [0.1, 0.15) is 21.6 Å². The number of hydrogen-bond acceptors (Lipinski definition) is 5. The van der Waals surface area contributed by atoms with E-state index >= 15 is 0 Å². The fourth-order valence-electron chi connectivity index (χ4n) is 1.50. The summed E-state index contributed by atoms with van der Waals surface area (Å²) in [5.41, 5.74) is 0.841. The molecule has 0 aliphatic carbocycles. The Morgan fingerprint density at radius 2 is 2.06 bits per heavy atom. The Balaban J connectivity index is 3.43. The molecule has 92 valence electrons. The van der Waals surface area contributed by atoms with Gasteiger partial charge in [0.2, 0.25) is 0 Å². The number of pyridine rings is 1. The topological polar surface area (TPSA) is 85.7 Å². The predicted molar refractivity (Wildman–Crippen MR) is 58.2 cm³/mol. The Labute approximate surface area is 98.2 Å². The van der Waals surface area contributed by atoms with E-state index < -0.39 is 11.8 Å². The number of rotatable bonds is 5. The third-order valence-corrected chi connectivity index (χ3v) is 2.22. The molecule has 6 nitrogen and oxygen atoms in total. The number of carbonyl (C=O) groups excluding carboxylic acids is 1. The van der Waals surface area contributed by atoms with Crippen molar-refractivity contribution in [3.05, 3.63) is 23.0 Å². The Bertz CT molecular complexity index is 455. The molecule has 17 heavy (non-hydrogen) atoms. The number of carboxylic acids is 1. The summed E-state index contributed by atoms with van der Waals surface area (Å²) < 4.78 is 9.93. The third-order valence-electron chi connectivity index (χ3n) is 2.22. The van der Waals surface area contributed by atoms with Gasteiger partial charge in [0.15, 0.2) is 5.75 Å². The summed E-state index contributed by atoms with van der Waals surface area (Å²) in [4.78, 5) is 26.4. The largest absolute Gasteiger partial charge is 0.494 e. The van der Waals surface area contributed by atoms with E-state index in [0.29, 0.717) is 11.3 Å². The van der Waals surface area contributed by atoms with E-state index in [0.717, 1.165) is 0 Å². The van der Waals surface area contributed by atoms with Crippen molar-refractivity contribution >= 4 is 11.8 Å². The molecular formula is C11H13NO5. The summed E-state index contributed by atoms with van der Waals surface area (Å²) in [7, 11) is 2.81. The molecule has 0 aliphatic rings. The zero-order chi connectivity index (χ0) is 13.0. The molecule has 0 radical (unpaired) electrons. The maximum Gasteiger partial charge on any atom is 0.377 e. The van der Waals surface area contributed by atoms with Crippen molar-refractivity contribution in [1.29, 1.82) is 0 Å². The molecule has 0 saturated carbocycles. The van der Waals surface area contributed by atoms with Crippen LogP contribution in [0.25, 0.3) is 0 Å². The molecular weight excluding hydrogens is 226 g/mol. The van der Waals surface area contributed by atoms with Gasteiger partial charge in [-0.2, -0.15) is 0 Å². The standard InChI is InChI=1S/C11H13NO5/c1-6-10(17-3)8(9(13)11(14)15)7(4-12-6)5-16-2/h4H,5H2,1-3H3,(H,14,15). The maximum atomic E-state index is 11.6. The summed E-state index contributed by atoms with van der Waals surface area (Å²) in [5.74, 6) is -2.39. The number of carbonyl (C=O) groups is 2. The lowest BCUT2D eigenvalue weighted by molar-refractivity contribution is -0.131. The highest BCUT2D eigenvalue weighted by Gasteiger charge is 2.25. The van der Waals surface area contributed by atoms with Crippen molar-refractivity contribution in [2.45, 2.75) is 13.5 Å². The minimum atomic E-state index is -1.54. The second-order valence-electron chi connectivity index (χ2n) is 3.34. The monoisotopic (exact) mass is 239 g/mol. The fraction of sp³-hybridized carbons (Fsp3) is 0.364. The lowest BCUT2D eigenvalue weighted by Gasteiger charge is -2.12. The lowest BCUT2D eigenvalue weighted by Crippen LogP contribution is -2.17. The normalized spacial score (nSPS) is 10.1. The van der Waals surface area contributed by atoms with E-state index in [-0.39, 0.29) is 17.9 Å². The van der Waals surface area contributed by atoms with E-state index in [1.807, 2.05) is 0 Å². The zero-order valence-corrected chi connectivity index (χ0v) is 9.81. The second kappa shape index (κ2) is 5.40. The minimum Gasteiger partial charge on any atom is -0.494 e. The molecule has 1 rings (SSSR count). The van der Waals surface area contributed by atoms with Crippen LogP contribution in [-0.4, -0.2) is 36.1 Å². The van der Waals surface area contributed by atoms with Gasteiger partial charge in [-0.3, -0.25) is 9.78 Å². The maximum absolute atomic E-state index is 11.6. The number of carboxylic acid groups (broad SMARTS) is 1. The van der Waals surface area contributed by atoms with Crippen molar-refractivity contribution in [3.63, 3.8) is 0 Å². The Hall–Kier alpha value is -1.95. The average molecular weight is 239 g/mol. The Kier molecular flexibility index (Phi) is 4.17. The first-order valence-electron chi connectivity index (χ1n) is 4.82. The number of Topliss-reactive ketones (excluding diaryl/α,β-unsaturated/α-hetero) is 1.